The monoisotopic (exact) mass is 301 g/mol. The van der Waals surface area contributed by atoms with Crippen molar-refractivity contribution in [1.29, 1.82) is 0 Å². The molecular weight excluding hydrogens is 282 g/mol. The average molecular weight is 301 g/mol. The van der Waals surface area contributed by atoms with Crippen LogP contribution >= 0.6 is 0 Å². The van der Waals surface area contributed by atoms with Crippen LogP contribution in [0.1, 0.15) is 25.7 Å². The van der Waals surface area contributed by atoms with Crippen molar-refractivity contribution in [2.75, 3.05) is 5.32 Å². The molecule has 0 unspecified atom stereocenters. The number of carbonyl (C=O) groups is 1. The first-order valence-corrected chi connectivity index (χ1v) is 7.48. The zero-order valence-electron chi connectivity index (χ0n) is 12.2. The summed E-state index contributed by atoms with van der Waals surface area (Å²) in [6.07, 6.45) is 6.27. The van der Waals surface area contributed by atoms with E-state index in [1.54, 1.807) is 18.3 Å². The molecular formula is C16H19N3O3. The summed E-state index contributed by atoms with van der Waals surface area (Å²) in [4.78, 5) is 16.0. The number of urea groups is 1. The first-order valence-electron chi connectivity index (χ1n) is 7.48. The van der Waals surface area contributed by atoms with Crippen LogP contribution in [0.4, 0.5) is 10.5 Å². The summed E-state index contributed by atoms with van der Waals surface area (Å²) in [5, 5.41) is 15.5. The number of rotatable bonds is 3. The summed E-state index contributed by atoms with van der Waals surface area (Å²) >= 11 is 0. The Morgan fingerprint density at radius 2 is 2.00 bits per heavy atom. The van der Waals surface area contributed by atoms with E-state index in [1.165, 1.54) is 6.26 Å². The third kappa shape index (κ3) is 3.46. The second-order valence-corrected chi connectivity index (χ2v) is 5.47. The van der Waals surface area contributed by atoms with E-state index in [0.717, 1.165) is 31.2 Å². The molecule has 0 radical (unpaired) electrons. The fraction of sp³-hybridized carbons (Fsp3) is 0.375. The second-order valence-electron chi connectivity index (χ2n) is 5.47. The lowest BCUT2D eigenvalue weighted by molar-refractivity contribution is 0.0955. The van der Waals surface area contributed by atoms with Crippen LogP contribution in [-0.4, -0.2) is 28.3 Å². The molecule has 1 aliphatic rings. The van der Waals surface area contributed by atoms with E-state index >= 15 is 0 Å². The van der Waals surface area contributed by atoms with Gasteiger partial charge in [-0.05, 0) is 37.1 Å². The number of oxazole rings is 1. The van der Waals surface area contributed by atoms with E-state index in [9.17, 15) is 9.90 Å². The van der Waals surface area contributed by atoms with E-state index in [4.69, 9.17) is 4.42 Å². The summed E-state index contributed by atoms with van der Waals surface area (Å²) < 4.78 is 5.21. The van der Waals surface area contributed by atoms with Crippen LogP contribution in [0.25, 0.3) is 11.5 Å². The molecule has 2 atom stereocenters. The molecule has 1 aromatic carbocycles. The van der Waals surface area contributed by atoms with Crippen molar-refractivity contribution < 1.29 is 14.3 Å². The maximum atomic E-state index is 12.0. The van der Waals surface area contributed by atoms with Gasteiger partial charge in [-0.1, -0.05) is 12.8 Å². The molecule has 6 heteroatoms. The topological polar surface area (TPSA) is 87.4 Å². The van der Waals surface area contributed by atoms with Crippen LogP contribution in [0, 0.1) is 0 Å². The largest absolute Gasteiger partial charge is 0.445 e. The molecule has 2 amide bonds. The molecule has 1 aliphatic carbocycles. The number of anilines is 1. The summed E-state index contributed by atoms with van der Waals surface area (Å²) in [5.41, 5.74) is 1.52. The summed E-state index contributed by atoms with van der Waals surface area (Å²) in [6.45, 7) is 0. The van der Waals surface area contributed by atoms with E-state index in [-0.39, 0.29) is 12.1 Å². The van der Waals surface area contributed by atoms with Gasteiger partial charge in [-0.25, -0.2) is 9.78 Å². The summed E-state index contributed by atoms with van der Waals surface area (Å²) in [6, 6.07) is 6.77. The molecule has 2 aromatic rings. The van der Waals surface area contributed by atoms with E-state index in [1.807, 2.05) is 12.1 Å². The SMILES string of the molecule is O=C(Nc1ccc(-c2ncco2)cc1)N[C@H]1CCCC[C@@H]1O. The smallest absolute Gasteiger partial charge is 0.319 e. The van der Waals surface area contributed by atoms with Gasteiger partial charge in [0.2, 0.25) is 5.89 Å². The van der Waals surface area contributed by atoms with E-state index < -0.39 is 6.10 Å². The normalized spacial score (nSPS) is 21.3. The molecule has 3 rings (SSSR count). The Morgan fingerprint density at radius 3 is 2.68 bits per heavy atom. The quantitative estimate of drug-likeness (QED) is 0.813. The number of aliphatic hydroxyl groups excluding tert-OH is 1. The highest BCUT2D eigenvalue weighted by Gasteiger charge is 2.24. The molecule has 3 N–H and O–H groups in total. The highest BCUT2D eigenvalue weighted by Crippen LogP contribution is 2.20. The predicted octanol–water partition coefficient (Wildman–Crippen LogP) is 2.77. The molecule has 0 aliphatic heterocycles. The Balaban J connectivity index is 1.57. The van der Waals surface area contributed by atoms with Gasteiger partial charge in [-0.15, -0.1) is 0 Å². The fourth-order valence-corrected chi connectivity index (χ4v) is 2.68. The number of nitrogens with zero attached hydrogens (tertiary/aromatic N) is 1. The predicted molar refractivity (Wildman–Crippen MR) is 82.4 cm³/mol. The number of hydrogen-bond acceptors (Lipinski definition) is 4. The molecule has 116 valence electrons. The van der Waals surface area contributed by atoms with Gasteiger partial charge in [-0.3, -0.25) is 0 Å². The minimum Gasteiger partial charge on any atom is -0.445 e. The second kappa shape index (κ2) is 6.62. The fourth-order valence-electron chi connectivity index (χ4n) is 2.68. The molecule has 1 aromatic heterocycles. The molecule has 1 heterocycles. The minimum absolute atomic E-state index is 0.166. The first-order chi connectivity index (χ1) is 10.7. The van der Waals surface area contributed by atoms with Crippen molar-refractivity contribution in [3.63, 3.8) is 0 Å². The van der Waals surface area contributed by atoms with Gasteiger partial charge in [0.25, 0.3) is 0 Å². The number of hydrogen-bond donors (Lipinski definition) is 3. The molecule has 0 spiro atoms. The number of benzene rings is 1. The molecule has 6 nitrogen and oxygen atoms in total. The number of nitrogens with one attached hydrogen (secondary N) is 2. The van der Waals surface area contributed by atoms with Gasteiger partial charge >= 0.3 is 6.03 Å². The van der Waals surface area contributed by atoms with Gasteiger partial charge < -0.3 is 20.2 Å². The van der Waals surface area contributed by atoms with Gasteiger partial charge in [-0.2, -0.15) is 0 Å². The van der Waals surface area contributed by atoms with Gasteiger partial charge in [0.15, 0.2) is 0 Å². The van der Waals surface area contributed by atoms with E-state index in [2.05, 4.69) is 15.6 Å². The van der Waals surface area contributed by atoms with Crippen molar-refractivity contribution in [2.45, 2.75) is 37.8 Å². The van der Waals surface area contributed by atoms with Crippen LogP contribution in [0.5, 0.6) is 0 Å². The molecule has 22 heavy (non-hydrogen) atoms. The van der Waals surface area contributed by atoms with Crippen LogP contribution in [0.2, 0.25) is 0 Å². The lowest BCUT2D eigenvalue weighted by atomic mass is 9.93. The Hall–Kier alpha value is -2.34. The molecule has 1 saturated carbocycles. The van der Waals surface area contributed by atoms with Crippen LogP contribution < -0.4 is 10.6 Å². The maximum absolute atomic E-state index is 12.0. The van der Waals surface area contributed by atoms with Crippen molar-refractivity contribution in [3.8, 4) is 11.5 Å². The Labute approximate surface area is 128 Å². The van der Waals surface area contributed by atoms with Crippen LogP contribution in [-0.2, 0) is 0 Å². The summed E-state index contributed by atoms with van der Waals surface area (Å²) in [7, 11) is 0. The Bertz CT molecular complexity index is 610. The molecule has 1 fully saturated rings. The first kappa shape index (κ1) is 14.6. The van der Waals surface area contributed by atoms with Crippen molar-refractivity contribution in [3.05, 3.63) is 36.7 Å². The zero-order chi connectivity index (χ0) is 15.4. The lowest BCUT2D eigenvalue weighted by Gasteiger charge is -2.28. The average Bonchev–Trinajstić information content (AvgIpc) is 3.05. The number of aromatic nitrogens is 1. The minimum atomic E-state index is -0.452. The van der Waals surface area contributed by atoms with Crippen molar-refractivity contribution in [1.82, 2.24) is 10.3 Å². The third-order valence-electron chi connectivity index (χ3n) is 3.87. The van der Waals surface area contributed by atoms with Crippen LogP contribution in [0.15, 0.2) is 41.1 Å². The van der Waals surface area contributed by atoms with Crippen LogP contribution in [0.3, 0.4) is 0 Å². The number of amides is 2. The molecule has 0 bridgehead atoms. The lowest BCUT2D eigenvalue weighted by Crippen LogP contribution is -2.46. The number of carbonyl (C=O) groups excluding carboxylic acids is 1. The van der Waals surface area contributed by atoms with Gasteiger partial charge in [0.1, 0.15) is 6.26 Å². The standard InChI is InChI=1S/C16H19N3O3/c20-14-4-2-1-3-13(14)19-16(21)18-12-7-5-11(6-8-12)15-17-9-10-22-15/h5-10,13-14,20H,1-4H2,(H2,18,19,21)/t13-,14-/m0/s1. The maximum Gasteiger partial charge on any atom is 0.319 e. The zero-order valence-corrected chi connectivity index (χ0v) is 12.2. The Kier molecular flexibility index (Phi) is 4.39. The highest BCUT2D eigenvalue weighted by molar-refractivity contribution is 5.89. The Morgan fingerprint density at radius 1 is 1.23 bits per heavy atom. The van der Waals surface area contributed by atoms with Crippen molar-refractivity contribution >= 4 is 11.7 Å². The third-order valence-corrected chi connectivity index (χ3v) is 3.87. The van der Waals surface area contributed by atoms with Crippen molar-refractivity contribution in [2.24, 2.45) is 0 Å². The summed E-state index contributed by atoms with van der Waals surface area (Å²) in [5.74, 6) is 0.543. The number of aliphatic hydroxyl groups is 1. The molecule has 0 saturated heterocycles. The van der Waals surface area contributed by atoms with Gasteiger partial charge in [0.05, 0.1) is 18.3 Å². The van der Waals surface area contributed by atoms with Gasteiger partial charge in [0, 0.05) is 11.3 Å². The highest BCUT2D eigenvalue weighted by atomic mass is 16.3. The van der Waals surface area contributed by atoms with E-state index in [0.29, 0.717) is 11.6 Å².